The van der Waals surface area contributed by atoms with Crippen molar-refractivity contribution in [2.45, 2.75) is 36.5 Å². The summed E-state index contributed by atoms with van der Waals surface area (Å²) in [5.74, 6) is -2.82. The molecule has 6 nitrogen and oxygen atoms in total. The summed E-state index contributed by atoms with van der Waals surface area (Å²) < 4.78 is 26.5. The Labute approximate surface area is 148 Å². The van der Waals surface area contributed by atoms with Crippen molar-refractivity contribution in [1.82, 2.24) is 20.3 Å². The van der Waals surface area contributed by atoms with Crippen molar-refractivity contribution < 1.29 is 13.6 Å². The second-order valence-corrected chi connectivity index (χ2v) is 6.87. The van der Waals surface area contributed by atoms with Gasteiger partial charge in [0.05, 0.1) is 11.7 Å². The lowest BCUT2D eigenvalue weighted by molar-refractivity contribution is 0.102. The van der Waals surface area contributed by atoms with E-state index in [1.54, 1.807) is 24.3 Å². The molecular formula is C16H19F2N5OS. The summed E-state index contributed by atoms with van der Waals surface area (Å²) in [4.78, 5) is 12.9. The zero-order valence-corrected chi connectivity index (χ0v) is 14.5. The van der Waals surface area contributed by atoms with Gasteiger partial charge in [-0.15, -0.1) is 5.10 Å². The van der Waals surface area contributed by atoms with Crippen LogP contribution >= 0.6 is 11.8 Å². The fraction of sp³-hybridized carbons (Fsp3) is 0.438. The Morgan fingerprint density at radius 2 is 2.00 bits per heavy atom. The van der Waals surface area contributed by atoms with Gasteiger partial charge in [0, 0.05) is 10.6 Å². The number of nitrogens with zero attached hydrogens (tertiary/aromatic N) is 3. The van der Waals surface area contributed by atoms with Gasteiger partial charge in [0.2, 0.25) is 0 Å². The topological polar surface area (TPSA) is 71.8 Å². The molecule has 0 aliphatic carbocycles. The number of hydrogen-bond acceptors (Lipinski definition) is 5. The monoisotopic (exact) mass is 367 g/mol. The van der Waals surface area contributed by atoms with Crippen molar-refractivity contribution in [1.29, 1.82) is 0 Å². The van der Waals surface area contributed by atoms with Gasteiger partial charge in [0.15, 0.2) is 5.69 Å². The lowest BCUT2D eigenvalue weighted by Crippen LogP contribution is -2.30. The van der Waals surface area contributed by atoms with Gasteiger partial charge in [0.25, 0.3) is 11.7 Å². The van der Waals surface area contributed by atoms with Crippen LogP contribution in [0.2, 0.25) is 0 Å². The molecule has 3 rings (SSSR count). The maximum Gasteiger partial charge on any atom is 0.288 e. The first kappa shape index (κ1) is 17.8. The molecule has 0 radical (unpaired) electrons. The van der Waals surface area contributed by atoms with E-state index in [2.05, 4.69) is 20.9 Å². The van der Waals surface area contributed by atoms with Crippen LogP contribution in [0.25, 0.3) is 0 Å². The molecule has 1 amide bonds. The third kappa shape index (κ3) is 4.35. The maximum atomic E-state index is 12.4. The molecule has 1 aromatic heterocycles. The Kier molecular flexibility index (Phi) is 5.64. The van der Waals surface area contributed by atoms with Crippen LogP contribution in [0.4, 0.5) is 14.5 Å². The first-order chi connectivity index (χ1) is 12.0. The van der Waals surface area contributed by atoms with Gasteiger partial charge >= 0.3 is 0 Å². The number of rotatable bonds is 5. The number of piperidine rings is 1. The molecule has 0 atom stereocenters. The van der Waals surface area contributed by atoms with Crippen LogP contribution in [0.5, 0.6) is 0 Å². The first-order valence-corrected chi connectivity index (χ1v) is 8.91. The van der Waals surface area contributed by atoms with Gasteiger partial charge in [-0.25, -0.2) is 4.68 Å². The maximum absolute atomic E-state index is 12.4. The summed E-state index contributed by atoms with van der Waals surface area (Å²) in [6, 6.07) is 6.53. The van der Waals surface area contributed by atoms with E-state index in [-0.39, 0.29) is 17.6 Å². The van der Waals surface area contributed by atoms with Crippen molar-refractivity contribution >= 4 is 23.4 Å². The Hall–Kier alpha value is -2.00. The number of benzene rings is 1. The fourth-order valence-electron chi connectivity index (χ4n) is 2.86. The molecule has 0 bridgehead atoms. The average Bonchev–Trinajstić information content (AvgIpc) is 2.98. The summed E-state index contributed by atoms with van der Waals surface area (Å²) in [6.45, 7) is 3.68. The SMILES string of the molecule is Cc1c(C(=O)Nc2ccc(SC(F)F)cc2)nnn1C1CCNCC1. The second kappa shape index (κ2) is 7.92. The quantitative estimate of drug-likeness (QED) is 0.795. The third-order valence-corrected chi connectivity index (χ3v) is 4.86. The van der Waals surface area contributed by atoms with E-state index in [9.17, 15) is 13.6 Å². The van der Waals surface area contributed by atoms with Gasteiger partial charge in [-0.2, -0.15) is 8.78 Å². The van der Waals surface area contributed by atoms with Gasteiger partial charge in [0.1, 0.15) is 0 Å². The Morgan fingerprint density at radius 1 is 1.32 bits per heavy atom. The van der Waals surface area contributed by atoms with Crippen LogP contribution in [0.15, 0.2) is 29.2 Å². The fourth-order valence-corrected chi connectivity index (χ4v) is 3.36. The van der Waals surface area contributed by atoms with Crippen molar-refractivity contribution in [2.24, 2.45) is 0 Å². The number of nitrogens with one attached hydrogen (secondary N) is 2. The molecular weight excluding hydrogens is 348 g/mol. The number of hydrogen-bond donors (Lipinski definition) is 2. The Morgan fingerprint density at radius 3 is 2.64 bits per heavy atom. The van der Waals surface area contributed by atoms with E-state index in [0.29, 0.717) is 22.3 Å². The van der Waals surface area contributed by atoms with Crippen molar-refractivity contribution in [3.63, 3.8) is 0 Å². The minimum absolute atomic E-state index is 0.251. The van der Waals surface area contributed by atoms with Gasteiger partial charge in [-0.3, -0.25) is 4.79 Å². The normalized spacial score (nSPS) is 15.5. The smallest absolute Gasteiger partial charge is 0.288 e. The molecule has 2 N–H and O–H groups in total. The summed E-state index contributed by atoms with van der Waals surface area (Å²) in [5, 5.41) is 14.2. The van der Waals surface area contributed by atoms with Crippen molar-refractivity contribution in [3.8, 4) is 0 Å². The largest absolute Gasteiger partial charge is 0.321 e. The average molecular weight is 367 g/mol. The molecule has 0 unspecified atom stereocenters. The lowest BCUT2D eigenvalue weighted by atomic mass is 10.1. The van der Waals surface area contributed by atoms with Crippen LogP contribution in [0, 0.1) is 6.92 Å². The molecule has 134 valence electrons. The van der Waals surface area contributed by atoms with Gasteiger partial charge < -0.3 is 10.6 Å². The van der Waals surface area contributed by atoms with E-state index < -0.39 is 5.76 Å². The number of alkyl halides is 2. The van der Waals surface area contributed by atoms with Crippen LogP contribution in [0.1, 0.15) is 35.1 Å². The zero-order valence-electron chi connectivity index (χ0n) is 13.7. The van der Waals surface area contributed by atoms with E-state index in [4.69, 9.17) is 0 Å². The van der Waals surface area contributed by atoms with Crippen molar-refractivity contribution in [3.05, 3.63) is 35.7 Å². The van der Waals surface area contributed by atoms with Crippen LogP contribution in [-0.4, -0.2) is 39.7 Å². The highest BCUT2D eigenvalue weighted by atomic mass is 32.2. The Bertz CT molecular complexity index is 729. The molecule has 1 saturated heterocycles. The highest BCUT2D eigenvalue weighted by Crippen LogP contribution is 2.26. The molecule has 0 saturated carbocycles. The van der Waals surface area contributed by atoms with Crippen molar-refractivity contribution in [2.75, 3.05) is 18.4 Å². The van der Waals surface area contributed by atoms with Crippen LogP contribution < -0.4 is 10.6 Å². The van der Waals surface area contributed by atoms with Crippen LogP contribution in [0.3, 0.4) is 0 Å². The van der Waals surface area contributed by atoms with Crippen LogP contribution in [-0.2, 0) is 0 Å². The molecule has 1 aliphatic heterocycles. The van der Waals surface area contributed by atoms with Gasteiger partial charge in [-0.05, 0) is 57.1 Å². The standard InChI is InChI=1S/C16H19F2N5OS/c1-10-14(21-22-23(10)12-6-8-19-9-7-12)15(24)20-11-2-4-13(5-3-11)25-16(17)18/h2-5,12,16,19H,6-9H2,1H3,(H,20,24). The molecule has 1 aromatic carbocycles. The highest BCUT2D eigenvalue weighted by molar-refractivity contribution is 7.99. The number of aromatic nitrogens is 3. The lowest BCUT2D eigenvalue weighted by Gasteiger charge is -2.23. The number of amides is 1. The minimum Gasteiger partial charge on any atom is -0.321 e. The molecule has 9 heteroatoms. The molecule has 2 heterocycles. The number of carbonyl (C=O) groups excluding carboxylic acids is 1. The predicted molar refractivity (Wildman–Crippen MR) is 92.2 cm³/mol. The number of anilines is 1. The summed E-state index contributed by atoms with van der Waals surface area (Å²) in [7, 11) is 0. The van der Waals surface area contributed by atoms with Gasteiger partial charge in [-0.1, -0.05) is 17.0 Å². The third-order valence-electron chi connectivity index (χ3n) is 4.13. The van der Waals surface area contributed by atoms with E-state index in [1.807, 2.05) is 11.6 Å². The zero-order chi connectivity index (χ0) is 17.8. The molecule has 25 heavy (non-hydrogen) atoms. The van der Waals surface area contributed by atoms with E-state index >= 15 is 0 Å². The number of thioether (sulfide) groups is 1. The molecule has 1 fully saturated rings. The van der Waals surface area contributed by atoms with E-state index in [1.165, 1.54) is 0 Å². The minimum atomic E-state index is -2.46. The number of halogens is 2. The number of carbonyl (C=O) groups is 1. The summed E-state index contributed by atoms with van der Waals surface area (Å²) >= 11 is 0.467. The van der Waals surface area contributed by atoms with E-state index in [0.717, 1.165) is 31.6 Å². The predicted octanol–water partition coefficient (Wildman–Crippen LogP) is 3.08. The first-order valence-electron chi connectivity index (χ1n) is 8.03. The summed E-state index contributed by atoms with van der Waals surface area (Å²) in [6.07, 6.45) is 1.91. The molecule has 0 spiro atoms. The molecule has 1 aliphatic rings. The molecule has 2 aromatic rings. The summed E-state index contributed by atoms with van der Waals surface area (Å²) in [5.41, 5.74) is 1.54. The Balaban J connectivity index is 1.68. The highest BCUT2D eigenvalue weighted by Gasteiger charge is 2.23. The second-order valence-electron chi connectivity index (χ2n) is 5.81.